The molecule has 4 aliphatic heterocycles. The number of carbonyl (C=O) groups excluding carboxylic acids is 4. The second-order valence-corrected chi connectivity index (χ2v) is 15.3. The zero-order valence-corrected chi connectivity index (χ0v) is 33.3. The summed E-state index contributed by atoms with van der Waals surface area (Å²) in [6, 6.07) is 2.80. The maximum atomic E-state index is 14.6. The minimum atomic E-state index is -3.85. The van der Waals surface area contributed by atoms with E-state index in [1.807, 2.05) is 41.7 Å². The zero-order valence-electron chi connectivity index (χ0n) is 49.3. The molecular weight excluding hydrogens is 763 g/mol. The Bertz CT molecular complexity index is 3020. The monoisotopic (exact) mass is 834 g/mol. The number of imidazole rings is 1. The van der Waals surface area contributed by atoms with Crippen molar-refractivity contribution < 1.29 is 55.3 Å². The number of rotatable bonds is 9. The highest BCUT2D eigenvalue weighted by Crippen LogP contribution is 2.45. The summed E-state index contributed by atoms with van der Waals surface area (Å²) in [6.07, 6.45) is -0.0271. The van der Waals surface area contributed by atoms with Gasteiger partial charge in [-0.3, -0.25) is 14.6 Å². The van der Waals surface area contributed by atoms with Gasteiger partial charge in [-0.05, 0) is 109 Å². The van der Waals surface area contributed by atoms with Gasteiger partial charge in [0.25, 0.3) is 0 Å². The summed E-state index contributed by atoms with van der Waals surface area (Å²) in [7, 11) is 1.76. The minimum absolute atomic E-state index is 0.137. The molecular formula is C46H55N7O7. The Morgan fingerprint density at radius 2 is 1.50 bits per heavy atom. The van der Waals surface area contributed by atoms with E-state index in [-0.39, 0.29) is 25.3 Å². The summed E-state index contributed by atoms with van der Waals surface area (Å²) >= 11 is 0. The molecule has 1 aromatic heterocycles. The van der Waals surface area contributed by atoms with Crippen molar-refractivity contribution in [2.45, 2.75) is 116 Å². The Hall–Kier alpha value is -5.92. The zero-order chi connectivity index (χ0) is 56.3. The molecule has 0 bridgehead atoms. The van der Waals surface area contributed by atoms with Crippen LogP contribution in [0, 0.1) is 11.8 Å². The molecule has 316 valence electrons. The van der Waals surface area contributed by atoms with Gasteiger partial charge in [0, 0.05) is 49.0 Å². The average molecular weight is 834 g/mol. The van der Waals surface area contributed by atoms with Gasteiger partial charge in [-0.25, -0.2) is 14.6 Å². The van der Waals surface area contributed by atoms with E-state index >= 15 is 0 Å². The number of nitrogens with zero attached hydrogens (tertiary/aromatic N) is 4. The molecule has 4 amide bonds. The number of aliphatic imine (C=N–C) groups is 1. The maximum absolute atomic E-state index is 14.6. The molecule has 14 nitrogen and oxygen atoms in total. The number of amides is 4. The molecule has 4 aromatic rings. The van der Waals surface area contributed by atoms with Crippen molar-refractivity contribution in [3.63, 3.8) is 0 Å². The van der Waals surface area contributed by atoms with Gasteiger partial charge in [0.2, 0.25) is 11.8 Å². The molecule has 0 unspecified atom stereocenters. The van der Waals surface area contributed by atoms with Gasteiger partial charge in [0.1, 0.15) is 30.2 Å². The smallest absolute Gasteiger partial charge is 0.407 e. The lowest BCUT2D eigenvalue weighted by Gasteiger charge is -2.33. The van der Waals surface area contributed by atoms with E-state index in [9.17, 15) is 20.5 Å². The van der Waals surface area contributed by atoms with Crippen molar-refractivity contribution in [2.24, 2.45) is 16.8 Å². The lowest BCUT2D eigenvalue weighted by Crippen LogP contribution is -2.55. The molecule has 3 N–H and O–H groups in total. The third-order valence-electron chi connectivity index (χ3n) is 11.8. The molecule has 14 heteroatoms. The lowest BCUT2D eigenvalue weighted by molar-refractivity contribution is -0.137. The van der Waals surface area contributed by atoms with Crippen LogP contribution in [0.4, 0.5) is 15.3 Å². The molecule has 5 heterocycles. The van der Waals surface area contributed by atoms with Crippen molar-refractivity contribution in [1.82, 2.24) is 30.4 Å². The second-order valence-electron chi connectivity index (χ2n) is 15.3. The SMILES string of the molecule is [2H]C([2H])([2H])C([2H])(C([2H])([2H])[2H])[C@]([2H])(NC(=O)OC)C(=O)N1[C@@H](C)CC[C@H]1C1=Nc2ccc3cc4c(cc3c2C1)OCc1cc(-c2cnc([C@@H]3CC[C@H](C)N3C(=O)[C@@]([2H])(NC(=O)OC)C([2H])(C([2H])([2H])[2H])C([2H])([2H])[2H])[nH]2)ccc1-4. The number of likely N-dealkylation sites (tertiary alicyclic amines) is 2. The number of carbonyl (C=O) groups is 4. The summed E-state index contributed by atoms with van der Waals surface area (Å²) in [5.74, 6) is -9.78. The van der Waals surface area contributed by atoms with Crippen LogP contribution < -0.4 is 15.4 Å². The number of hydrogen-bond acceptors (Lipinski definition) is 9. The standard InChI is InChI=1S/C46H55N7O7/c1-23(2)40(50-45(56)58-7)43(54)52-25(5)9-15-37(52)35-19-32-31-20-39-33(18-27(31)12-14-34(32)48-35)30-13-11-28(17-29(30)22-60-39)36-21-47-42(49-36)38-16-10-26(6)53(38)44(55)41(24(3)4)51-46(57)59-8/h11-14,17-18,20-21,23-26,37-38,40-41H,9-10,15-16,19,22H2,1-8H3,(H,47,49)(H,50,56)(H,51,57)/t25-,26-,37-,38-,40-,41-/m0/s1/i1D3,2D3,3D3,4D3,23D,24D,40D,41D. The van der Waals surface area contributed by atoms with Gasteiger partial charge in [0.15, 0.2) is 0 Å². The number of benzene rings is 3. The molecule has 2 fully saturated rings. The number of methoxy groups -OCH3 is 2. The van der Waals surface area contributed by atoms with Gasteiger partial charge in [0.05, 0.1) is 46.6 Å². The summed E-state index contributed by atoms with van der Waals surface area (Å²) in [5, 5.41) is 5.20. The van der Waals surface area contributed by atoms with Gasteiger partial charge >= 0.3 is 12.2 Å². The predicted octanol–water partition coefficient (Wildman–Crippen LogP) is 7.61. The Kier molecular flexibility index (Phi) is 6.95. The first-order valence-corrected chi connectivity index (χ1v) is 19.5. The number of nitrogens with one attached hydrogen (secondary N) is 3. The molecule has 0 spiro atoms. The number of aromatic amines is 1. The van der Waals surface area contributed by atoms with Gasteiger partial charge < -0.3 is 39.6 Å². The van der Waals surface area contributed by atoms with Gasteiger partial charge in [-0.15, -0.1) is 0 Å². The summed E-state index contributed by atoms with van der Waals surface area (Å²) in [5.41, 5.74) is 5.42. The summed E-state index contributed by atoms with van der Waals surface area (Å²) < 4.78 is 148. The summed E-state index contributed by atoms with van der Waals surface area (Å²) in [6.45, 7) is -11.7. The topological polar surface area (TPSA) is 168 Å². The van der Waals surface area contributed by atoms with Crippen LogP contribution in [-0.4, -0.2) is 93.9 Å². The lowest BCUT2D eigenvalue weighted by atomic mass is 9.90. The number of alkyl carbamates (subject to hydrolysis) is 2. The van der Waals surface area contributed by atoms with Crippen LogP contribution in [0.3, 0.4) is 0 Å². The van der Waals surface area contributed by atoms with Crippen molar-refractivity contribution in [3.8, 4) is 28.1 Å². The molecule has 3 aromatic carbocycles. The first kappa shape index (κ1) is 25.6. The largest absolute Gasteiger partial charge is 0.488 e. The number of fused-ring (bicyclic) bond motifs is 6. The van der Waals surface area contributed by atoms with Crippen LogP contribution in [0.1, 0.15) is 112 Å². The molecule has 4 aliphatic rings. The fraction of sp³-hybridized carbons (Fsp3) is 0.478. The van der Waals surface area contributed by atoms with Gasteiger partial charge in [-0.2, -0.15) is 0 Å². The number of ether oxygens (including phenoxy) is 3. The van der Waals surface area contributed by atoms with Crippen LogP contribution in [0.5, 0.6) is 5.75 Å². The third kappa shape index (κ3) is 7.34. The first-order chi connectivity index (χ1) is 35.1. The first-order valence-electron chi connectivity index (χ1n) is 27.5. The van der Waals surface area contributed by atoms with Crippen molar-refractivity contribution in [2.75, 3.05) is 14.2 Å². The molecule has 0 radical (unpaired) electrons. The summed E-state index contributed by atoms with van der Waals surface area (Å²) in [4.78, 5) is 69.2. The van der Waals surface area contributed by atoms with Gasteiger partial charge in [-0.1, -0.05) is 45.6 Å². The van der Waals surface area contributed by atoms with Crippen LogP contribution in [0.25, 0.3) is 33.2 Å². The van der Waals surface area contributed by atoms with E-state index in [1.54, 1.807) is 25.2 Å². The third-order valence-corrected chi connectivity index (χ3v) is 11.8. The van der Waals surface area contributed by atoms with Crippen LogP contribution in [0.2, 0.25) is 0 Å². The fourth-order valence-electron chi connectivity index (χ4n) is 8.80. The van der Waals surface area contributed by atoms with E-state index in [4.69, 9.17) is 30.3 Å². The van der Waals surface area contributed by atoms with Crippen molar-refractivity contribution in [1.29, 1.82) is 0 Å². The fourth-order valence-corrected chi connectivity index (χ4v) is 8.80. The molecule has 6 atom stereocenters. The van der Waals surface area contributed by atoms with E-state index in [1.165, 1.54) is 6.20 Å². The maximum Gasteiger partial charge on any atom is 0.407 e. The molecule has 0 saturated carbocycles. The number of hydrogen-bond donors (Lipinski definition) is 3. The van der Waals surface area contributed by atoms with Crippen LogP contribution >= 0.6 is 0 Å². The van der Waals surface area contributed by atoms with Crippen LogP contribution in [-0.2, 0) is 32.1 Å². The number of H-pyrrole nitrogens is 1. The Labute approximate surface area is 372 Å². The average Bonchev–Trinajstić information content (AvgIpc) is 4.16. The Morgan fingerprint density at radius 3 is 2.15 bits per heavy atom. The Morgan fingerprint density at radius 1 is 0.850 bits per heavy atom. The highest BCUT2D eigenvalue weighted by Gasteiger charge is 2.43. The quantitative estimate of drug-likeness (QED) is 0.155. The van der Waals surface area contributed by atoms with Crippen molar-refractivity contribution >= 4 is 46.2 Å². The highest BCUT2D eigenvalue weighted by atomic mass is 16.5. The minimum Gasteiger partial charge on any atom is -0.488 e. The molecule has 0 aliphatic carbocycles. The molecule has 8 rings (SSSR count). The Balaban J connectivity index is 1.06. The second kappa shape index (κ2) is 16.3. The van der Waals surface area contributed by atoms with E-state index < -0.39 is 99.4 Å². The van der Waals surface area contributed by atoms with E-state index in [2.05, 4.69) is 19.4 Å². The van der Waals surface area contributed by atoms with E-state index in [0.717, 1.165) is 57.0 Å². The number of aromatic nitrogens is 2. The predicted molar refractivity (Wildman–Crippen MR) is 228 cm³/mol. The highest BCUT2D eigenvalue weighted by molar-refractivity contribution is 6.06. The molecule has 2 saturated heterocycles. The van der Waals surface area contributed by atoms with E-state index in [0.29, 0.717) is 47.7 Å². The normalized spacial score (nSPS) is 27.7. The van der Waals surface area contributed by atoms with Crippen molar-refractivity contribution in [3.05, 3.63) is 65.6 Å². The van der Waals surface area contributed by atoms with Crippen LogP contribution in [0.15, 0.2) is 53.7 Å². The molecule has 60 heavy (non-hydrogen) atoms.